The first kappa shape index (κ1) is 13.8. The average molecular weight is 264 g/mol. The molecule has 0 saturated heterocycles. The highest BCUT2D eigenvalue weighted by molar-refractivity contribution is 5.78. The van der Waals surface area contributed by atoms with Crippen molar-refractivity contribution < 1.29 is 9.90 Å². The van der Waals surface area contributed by atoms with Crippen LogP contribution < -0.4 is 11.1 Å². The lowest BCUT2D eigenvalue weighted by Gasteiger charge is -2.18. The number of aromatic nitrogens is 1. The fourth-order valence-electron chi connectivity index (χ4n) is 2.52. The second-order valence-electron chi connectivity index (χ2n) is 5.08. The van der Waals surface area contributed by atoms with Gasteiger partial charge in [-0.15, -0.1) is 0 Å². The number of carbonyl (C=O) groups excluding carboxylic acids is 1. The number of carbonyl (C=O) groups is 1. The minimum absolute atomic E-state index is 0.0332. The first-order valence-electron chi connectivity index (χ1n) is 6.36. The predicted molar refractivity (Wildman–Crippen MR) is 71.6 cm³/mol. The topological polar surface area (TPSA) is 91.5 Å². The molecule has 0 radical (unpaired) electrons. The summed E-state index contributed by atoms with van der Waals surface area (Å²) in [7, 11) is 3.70. The number of likely N-dealkylation sites (N-methyl/N-ethyl adjacent to an activating group) is 1. The molecule has 0 spiro atoms. The molecule has 0 fully saturated rings. The van der Waals surface area contributed by atoms with E-state index in [4.69, 9.17) is 5.73 Å². The largest absolute Gasteiger partial charge is 0.506 e. The van der Waals surface area contributed by atoms with Gasteiger partial charge in [0.25, 0.3) is 0 Å². The van der Waals surface area contributed by atoms with Gasteiger partial charge in [0.1, 0.15) is 5.75 Å². The van der Waals surface area contributed by atoms with Crippen LogP contribution >= 0.6 is 0 Å². The Balaban J connectivity index is 2.21. The fourth-order valence-corrected chi connectivity index (χ4v) is 2.52. The summed E-state index contributed by atoms with van der Waals surface area (Å²) in [6.45, 7) is 0.590. The van der Waals surface area contributed by atoms with Crippen LogP contribution in [0.2, 0.25) is 0 Å². The molecule has 104 valence electrons. The van der Waals surface area contributed by atoms with Gasteiger partial charge in [0, 0.05) is 23.4 Å². The summed E-state index contributed by atoms with van der Waals surface area (Å²) in [4.78, 5) is 17.9. The van der Waals surface area contributed by atoms with Gasteiger partial charge in [0.05, 0.1) is 18.8 Å². The number of nitrogens with zero attached hydrogens (tertiary/aromatic N) is 2. The maximum atomic E-state index is 11.8. The standard InChI is InChI=1S/C13H20N4O2/c1-17(2)7-12(19)16-10-4-3-9-13(10)8(5-14)11(18)6-15-9/h6,10,18H,3-5,7,14H2,1-2H3,(H,16,19)/t10-/m1/s1. The van der Waals surface area contributed by atoms with E-state index in [0.29, 0.717) is 12.1 Å². The molecule has 0 aromatic carbocycles. The van der Waals surface area contributed by atoms with Crippen molar-refractivity contribution in [3.63, 3.8) is 0 Å². The highest BCUT2D eigenvalue weighted by Gasteiger charge is 2.29. The third-order valence-corrected chi connectivity index (χ3v) is 3.31. The number of hydrogen-bond donors (Lipinski definition) is 3. The lowest BCUT2D eigenvalue weighted by molar-refractivity contribution is -0.122. The molecule has 0 bridgehead atoms. The first-order chi connectivity index (χ1) is 9.02. The van der Waals surface area contributed by atoms with E-state index in [-0.39, 0.29) is 24.2 Å². The van der Waals surface area contributed by atoms with Crippen molar-refractivity contribution in [2.24, 2.45) is 5.73 Å². The lowest BCUT2D eigenvalue weighted by Crippen LogP contribution is -2.35. The number of rotatable bonds is 4. The third-order valence-electron chi connectivity index (χ3n) is 3.31. The number of nitrogens with two attached hydrogens (primary N) is 1. The van der Waals surface area contributed by atoms with E-state index in [1.807, 2.05) is 19.0 Å². The van der Waals surface area contributed by atoms with Gasteiger partial charge in [-0.2, -0.15) is 0 Å². The molecule has 6 nitrogen and oxygen atoms in total. The molecule has 1 aliphatic carbocycles. The molecule has 1 aliphatic rings. The Morgan fingerprint density at radius 3 is 3.00 bits per heavy atom. The molecule has 1 amide bonds. The molecule has 1 atom stereocenters. The van der Waals surface area contributed by atoms with Gasteiger partial charge < -0.3 is 21.1 Å². The zero-order valence-corrected chi connectivity index (χ0v) is 11.3. The molecule has 0 unspecified atom stereocenters. The van der Waals surface area contributed by atoms with E-state index in [1.165, 1.54) is 6.20 Å². The van der Waals surface area contributed by atoms with Crippen LogP contribution in [-0.4, -0.2) is 41.5 Å². The van der Waals surface area contributed by atoms with Crippen LogP contribution in [0.4, 0.5) is 0 Å². The molecular formula is C13H20N4O2. The minimum Gasteiger partial charge on any atom is -0.506 e. The van der Waals surface area contributed by atoms with Gasteiger partial charge in [-0.1, -0.05) is 0 Å². The van der Waals surface area contributed by atoms with Crippen molar-refractivity contribution >= 4 is 5.91 Å². The monoisotopic (exact) mass is 264 g/mol. The van der Waals surface area contributed by atoms with Crippen LogP contribution in [0, 0.1) is 0 Å². The van der Waals surface area contributed by atoms with Crippen molar-refractivity contribution in [3.8, 4) is 5.75 Å². The molecule has 0 aliphatic heterocycles. The number of aryl methyl sites for hydroxylation is 1. The van der Waals surface area contributed by atoms with Crippen LogP contribution in [0.3, 0.4) is 0 Å². The Morgan fingerprint density at radius 1 is 1.63 bits per heavy atom. The molecule has 1 aromatic heterocycles. The zero-order valence-electron chi connectivity index (χ0n) is 11.3. The fraction of sp³-hybridized carbons (Fsp3) is 0.538. The highest BCUT2D eigenvalue weighted by Crippen LogP contribution is 2.35. The molecule has 1 heterocycles. The van der Waals surface area contributed by atoms with Gasteiger partial charge in [-0.3, -0.25) is 9.78 Å². The van der Waals surface area contributed by atoms with Gasteiger partial charge in [0.15, 0.2) is 0 Å². The Kier molecular flexibility index (Phi) is 4.01. The van der Waals surface area contributed by atoms with Crippen LogP contribution in [0.1, 0.15) is 29.3 Å². The maximum Gasteiger partial charge on any atom is 0.234 e. The average Bonchev–Trinajstić information content (AvgIpc) is 2.71. The third kappa shape index (κ3) is 2.85. The maximum absolute atomic E-state index is 11.8. The number of amides is 1. The quantitative estimate of drug-likeness (QED) is 0.707. The Bertz CT molecular complexity index is 488. The predicted octanol–water partition coefficient (Wildman–Crippen LogP) is -0.0890. The summed E-state index contributed by atoms with van der Waals surface area (Å²) in [5, 5.41) is 12.8. The second-order valence-corrected chi connectivity index (χ2v) is 5.08. The van der Waals surface area contributed by atoms with Gasteiger partial charge in [0.2, 0.25) is 5.91 Å². The van der Waals surface area contributed by atoms with E-state index in [9.17, 15) is 9.90 Å². The number of pyridine rings is 1. The summed E-state index contributed by atoms with van der Waals surface area (Å²) in [5.74, 6) is 0.0733. The zero-order chi connectivity index (χ0) is 14.0. The molecule has 19 heavy (non-hydrogen) atoms. The Morgan fingerprint density at radius 2 is 2.37 bits per heavy atom. The number of hydrogen-bond acceptors (Lipinski definition) is 5. The van der Waals surface area contributed by atoms with Crippen molar-refractivity contribution in [2.45, 2.75) is 25.4 Å². The van der Waals surface area contributed by atoms with Crippen molar-refractivity contribution in [1.29, 1.82) is 0 Å². The van der Waals surface area contributed by atoms with E-state index in [1.54, 1.807) is 0 Å². The van der Waals surface area contributed by atoms with Gasteiger partial charge >= 0.3 is 0 Å². The van der Waals surface area contributed by atoms with E-state index < -0.39 is 0 Å². The smallest absolute Gasteiger partial charge is 0.234 e. The Labute approximate surface area is 112 Å². The van der Waals surface area contributed by atoms with E-state index in [0.717, 1.165) is 24.1 Å². The first-order valence-corrected chi connectivity index (χ1v) is 6.36. The van der Waals surface area contributed by atoms with Crippen LogP contribution in [0.5, 0.6) is 5.75 Å². The minimum atomic E-state index is -0.0967. The summed E-state index contributed by atoms with van der Waals surface area (Å²) in [6.07, 6.45) is 3.04. The molecule has 0 saturated carbocycles. The van der Waals surface area contributed by atoms with E-state index >= 15 is 0 Å². The molecule has 1 aromatic rings. The summed E-state index contributed by atoms with van der Waals surface area (Å²) in [6, 6.07) is -0.0967. The van der Waals surface area contributed by atoms with Gasteiger partial charge in [-0.05, 0) is 26.9 Å². The van der Waals surface area contributed by atoms with Crippen LogP contribution in [-0.2, 0) is 17.8 Å². The number of fused-ring (bicyclic) bond motifs is 1. The molecule has 4 N–H and O–H groups in total. The van der Waals surface area contributed by atoms with Crippen molar-refractivity contribution in [3.05, 3.63) is 23.0 Å². The SMILES string of the molecule is CN(C)CC(=O)N[C@@H]1CCc2ncc(O)c(CN)c21. The highest BCUT2D eigenvalue weighted by atomic mass is 16.3. The van der Waals surface area contributed by atoms with Crippen LogP contribution in [0.15, 0.2) is 6.20 Å². The molecule has 2 rings (SSSR count). The molecular weight excluding hydrogens is 244 g/mol. The molecule has 6 heteroatoms. The second kappa shape index (κ2) is 5.54. The van der Waals surface area contributed by atoms with Gasteiger partial charge in [-0.25, -0.2) is 0 Å². The number of nitrogens with one attached hydrogen (secondary N) is 1. The van der Waals surface area contributed by atoms with Crippen LogP contribution in [0.25, 0.3) is 0 Å². The lowest BCUT2D eigenvalue weighted by atomic mass is 10.0. The Hall–Kier alpha value is -1.66. The van der Waals surface area contributed by atoms with Crippen molar-refractivity contribution in [2.75, 3.05) is 20.6 Å². The normalized spacial score (nSPS) is 17.6. The number of aromatic hydroxyl groups is 1. The summed E-state index contributed by atoms with van der Waals surface area (Å²) >= 11 is 0. The van der Waals surface area contributed by atoms with Crippen molar-refractivity contribution in [1.82, 2.24) is 15.2 Å². The van der Waals surface area contributed by atoms with E-state index in [2.05, 4.69) is 10.3 Å². The summed E-state index contributed by atoms with van der Waals surface area (Å²) < 4.78 is 0. The summed E-state index contributed by atoms with van der Waals surface area (Å²) in [5.41, 5.74) is 8.20.